The number of nitro groups is 1. The van der Waals surface area contributed by atoms with Gasteiger partial charge in [-0.3, -0.25) is 14.8 Å². The molecule has 1 aromatic carbocycles. The molecule has 0 aliphatic rings. The molecule has 0 unspecified atom stereocenters. The summed E-state index contributed by atoms with van der Waals surface area (Å²) in [6.07, 6.45) is -3.48. The number of nitrogens with one attached hydrogen (secondary N) is 1. The van der Waals surface area contributed by atoms with Gasteiger partial charge in [-0.05, 0) is 18.2 Å². The Kier molecular flexibility index (Phi) is 4.89. The molecule has 24 heavy (non-hydrogen) atoms. The van der Waals surface area contributed by atoms with E-state index in [0.717, 1.165) is 41.2 Å². The highest BCUT2D eigenvalue weighted by Gasteiger charge is 2.33. The fourth-order valence-electron chi connectivity index (χ4n) is 1.76. The number of nitro benzene ring substituents is 1. The molecule has 0 saturated carbocycles. The van der Waals surface area contributed by atoms with E-state index >= 15 is 0 Å². The van der Waals surface area contributed by atoms with Crippen LogP contribution in [0.1, 0.15) is 5.69 Å². The van der Waals surface area contributed by atoms with Crippen LogP contribution in [-0.4, -0.2) is 29.7 Å². The van der Waals surface area contributed by atoms with Gasteiger partial charge in [-0.15, -0.1) is 0 Å². The zero-order chi connectivity index (χ0) is 18.0. The molecular weight excluding hydrogens is 353 g/mol. The van der Waals surface area contributed by atoms with Crippen molar-refractivity contribution in [3.05, 3.63) is 52.3 Å². The molecule has 2 aromatic rings. The van der Waals surface area contributed by atoms with E-state index in [1.807, 2.05) is 0 Å². The molecule has 8 nitrogen and oxygen atoms in total. The molecule has 12 heteroatoms. The van der Waals surface area contributed by atoms with Crippen LogP contribution in [0.5, 0.6) is 0 Å². The van der Waals surface area contributed by atoms with E-state index in [1.54, 1.807) is 0 Å². The van der Waals surface area contributed by atoms with Crippen molar-refractivity contribution in [2.45, 2.75) is 17.6 Å². The quantitative estimate of drug-likeness (QED) is 0.621. The van der Waals surface area contributed by atoms with Crippen LogP contribution >= 0.6 is 0 Å². The summed E-state index contributed by atoms with van der Waals surface area (Å²) in [4.78, 5) is 9.66. The molecule has 0 radical (unpaired) electrons. The molecule has 0 spiro atoms. The van der Waals surface area contributed by atoms with Gasteiger partial charge in [0.25, 0.3) is 5.69 Å². The molecule has 130 valence electrons. The Morgan fingerprint density at radius 3 is 2.33 bits per heavy atom. The summed E-state index contributed by atoms with van der Waals surface area (Å²) in [7, 11) is -3.93. The number of halogens is 3. The number of hydrogen-bond acceptors (Lipinski definition) is 5. The molecule has 0 bridgehead atoms. The molecule has 1 heterocycles. The number of hydrogen-bond donors (Lipinski definition) is 1. The molecule has 0 saturated heterocycles. The van der Waals surface area contributed by atoms with Crippen molar-refractivity contribution in [2.75, 3.05) is 6.54 Å². The second kappa shape index (κ2) is 6.57. The van der Waals surface area contributed by atoms with Gasteiger partial charge in [0.05, 0.1) is 16.4 Å². The van der Waals surface area contributed by atoms with Gasteiger partial charge in [-0.2, -0.15) is 18.3 Å². The van der Waals surface area contributed by atoms with E-state index in [9.17, 15) is 31.7 Å². The van der Waals surface area contributed by atoms with Gasteiger partial charge in [0, 0.05) is 24.9 Å². The SMILES string of the molecule is O=[N+]([O-])c1ccc(S(=O)(=O)NCCn2ccc(C(F)(F)F)n2)cc1. The molecule has 0 amide bonds. The summed E-state index contributed by atoms with van der Waals surface area (Å²) in [6, 6.07) is 4.99. The van der Waals surface area contributed by atoms with E-state index in [-0.39, 0.29) is 23.7 Å². The number of sulfonamides is 1. The zero-order valence-electron chi connectivity index (χ0n) is 11.9. The van der Waals surface area contributed by atoms with E-state index in [4.69, 9.17) is 0 Å². The number of nitrogens with zero attached hydrogens (tertiary/aromatic N) is 3. The molecule has 0 fully saturated rings. The number of rotatable bonds is 6. The van der Waals surface area contributed by atoms with Crippen LogP contribution in [0.15, 0.2) is 41.4 Å². The Balaban J connectivity index is 1.97. The number of benzene rings is 1. The van der Waals surface area contributed by atoms with Gasteiger partial charge in [0.2, 0.25) is 10.0 Å². The lowest BCUT2D eigenvalue weighted by Gasteiger charge is -2.07. The molecule has 1 N–H and O–H groups in total. The summed E-state index contributed by atoms with van der Waals surface area (Å²) in [6.45, 7) is -0.305. The van der Waals surface area contributed by atoms with Crippen molar-refractivity contribution in [1.82, 2.24) is 14.5 Å². The van der Waals surface area contributed by atoms with E-state index in [2.05, 4.69) is 9.82 Å². The van der Waals surface area contributed by atoms with Crippen molar-refractivity contribution in [1.29, 1.82) is 0 Å². The molecule has 0 atom stereocenters. The highest BCUT2D eigenvalue weighted by molar-refractivity contribution is 7.89. The molecule has 2 rings (SSSR count). The van der Waals surface area contributed by atoms with Crippen molar-refractivity contribution in [3.8, 4) is 0 Å². The minimum atomic E-state index is -4.57. The largest absolute Gasteiger partial charge is 0.435 e. The lowest BCUT2D eigenvalue weighted by molar-refractivity contribution is -0.384. The van der Waals surface area contributed by atoms with E-state index < -0.39 is 26.8 Å². The molecule has 0 aliphatic heterocycles. The molecular formula is C12H11F3N4O4S. The summed E-state index contributed by atoms with van der Waals surface area (Å²) in [5, 5.41) is 13.8. The van der Waals surface area contributed by atoms with Gasteiger partial charge in [0.1, 0.15) is 0 Å². The van der Waals surface area contributed by atoms with Crippen molar-refractivity contribution in [3.63, 3.8) is 0 Å². The van der Waals surface area contributed by atoms with Crippen molar-refractivity contribution < 1.29 is 26.5 Å². The summed E-state index contributed by atoms with van der Waals surface area (Å²) < 4.78 is 64.3. The normalized spacial score (nSPS) is 12.3. The summed E-state index contributed by atoms with van der Waals surface area (Å²) in [5.41, 5.74) is -1.33. The first kappa shape index (κ1) is 17.9. The maximum absolute atomic E-state index is 12.4. The monoisotopic (exact) mass is 364 g/mol. The third-order valence-corrected chi connectivity index (χ3v) is 4.40. The second-order valence-corrected chi connectivity index (χ2v) is 6.38. The third-order valence-electron chi connectivity index (χ3n) is 2.92. The van der Waals surface area contributed by atoms with E-state index in [1.165, 1.54) is 0 Å². The number of alkyl halides is 3. The lowest BCUT2D eigenvalue weighted by atomic mass is 10.3. The van der Waals surface area contributed by atoms with Crippen molar-refractivity contribution >= 4 is 15.7 Å². The van der Waals surface area contributed by atoms with Crippen LogP contribution in [0.3, 0.4) is 0 Å². The number of aromatic nitrogens is 2. The standard InChI is InChI=1S/C12H11F3N4O4S/c13-12(14,15)11-5-7-18(17-11)8-6-16-24(22,23)10-3-1-9(2-4-10)19(20)21/h1-5,7,16H,6,8H2. The first-order chi connectivity index (χ1) is 11.1. The maximum Gasteiger partial charge on any atom is 0.435 e. The molecule has 0 aliphatic carbocycles. The maximum atomic E-state index is 12.4. The van der Waals surface area contributed by atoms with Crippen LogP contribution in [0, 0.1) is 10.1 Å². The zero-order valence-corrected chi connectivity index (χ0v) is 12.7. The highest BCUT2D eigenvalue weighted by Crippen LogP contribution is 2.27. The van der Waals surface area contributed by atoms with Gasteiger partial charge < -0.3 is 0 Å². The lowest BCUT2D eigenvalue weighted by Crippen LogP contribution is -2.27. The fraction of sp³-hybridized carbons (Fsp3) is 0.250. The molecule has 1 aromatic heterocycles. The minimum Gasteiger partial charge on any atom is -0.271 e. The van der Waals surface area contributed by atoms with Gasteiger partial charge in [0.15, 0.2) is 5.69 Å². The summed E-state index contributed by atoms with van der Waals surface area (Å²) in [5.74, 6) is 0. The Bertz CT molecular complexity index is 831. The van der Waals surface area contributed by atoms with Crippen LogP contribution < -0.4 is 4.72 Å². The Labute approximate surface area is 134 Å². The Morgan fingerprint density at radius 2 is 1.83 bits per heavy atom. The average molecular weight is 364 g/mol. The van der Waals surface area contributed by atoms with Gasteiger partial charge in [-0.1, -0.05) is 0 Å². The smallest absolute Gasteiger partial charge is 0.271 e. The first-order valence-corrected chi connectivity index (χ1v) is 7.93. The van der Waals surface area contributed by atoms with Crippen LogP contribution in [-0.2, 0) is 22.7 Å². The predicted molar refractivity (Wildman–Crippen MR) is 75.5 cm³/mol. The Hall–Kier alpha value is -2.47. The minimum absolute atomic E-state index is 0.109. The van der Waals surface area contributed by atoms with Crippen LogP contribution in [0.25, 0.3) is 0 Å². The Morgan fingerprint density at radius 1 is 1.21 bits per heavy atom. The fourth-order valence-corrected chi connectivity index (χ4v) is 2.78. The number of non-ortho nitro benzene ring substituents is 1. The van der Waals surface area contributed by atoms with Gasteiger partial charge in [-0.25, -0.2) is 13.1 Å². The van der Waals surface area contributed by atoms with Crippen LogP contribution in [0.2, 0.25) is 0 Å². The second-order valence-electron chi connectivity index (χ2n) is 4.61. The summed E-state index contributed by atoms with van der Waals surface area (Å²) >= 11 is 0. The van der Waals surface area contributed by atoms with Crippen molar-refractivity contribution in [2.24, 2.45) is 0 Å². The first-order valence-electron chi connectivity index (χ1n) is 6.44. The van der Waals surface area contributed by atoms with E-state index in [0.29, 0.717) is 0 Å². The third kappa shape index (κ3) is 4.29. The topological polar surface area (TPSA) is 107 Å². The van der Waals surface area contributed by atoms with Crippen LogP contribution in [0.4, 0.5) is 18.9 Å². The predicted octanol–water partition coefficient (Wildman–Crippen LogP) is 1.79. The highest BCUT2D eigenvalue weighted by atomic mass is 32.2. The average Bonchev–Trinajstić information content (AvgIpc) is 2.96. The van der Waals surface area contributed by atoms with Gasteiger partial charge >= 0.3 is 6.18 Å².